The van der Waals surface area contributed by atoms with Crippen molar-refractivity contribution in [3.8, 4) is 0 Å². The van der Waals surface area contributed by atoms with Crippen LogP contribution in [0, 0.1) is 10.8 Å². The number of carbonyl (C=O) groups is 1. The van der Waals surface area contributed by atoms with Crippen molar-refractivity contribution in [3.05, 3.63) is 0 Å². The predicted molar refractivity (Wildman–Crippen MR) is 46.7 cm³/mol. The van der Waals surface area contributed by atoms with Gasteiger partial charge in [-0.05, 0) is 32.1 Å². The standard InChI is InChI=1S/C10H17FO/c1-8(2)5-10(8,7-12)6-9(3,4)11/h7H,5-6H2,1-4H3. The van der Waals surface area contributed by atoms with E-state index in [9.17, 15) is 9.18 Å². The summed E-state index contributed by atoms with van der Waals surface area (Å²) < 4.78 is 13.3. The zero-order chi connectivity index (χ0) is 9.62. The fourth-order valence-corrected chi connectivity index (χ4v) is 2.04. The highest BCUT2D eigenvalue weighted by Crippen LogP contribution is 2.65. The van der Waals surface area contributed by atoms with Gasteiger partial charge in [0.1, 0.15) is 12.0 Å². The van der Waals surface area contributed by atoms with Gasteiger partial charge in [-0.25, -0.2) is 4.39 Å². The Labute approximate surface area is 73.3 Å². The van der Waals surface area contributed by atoms with Gasteiger partial charge < -0.3 is 4.79 Å². The van der Waals surface area contributed by atoms with E-state index < -0.39 is 5.67 Å². The maximum Gasteiger partial charge on any atom is 0.126 e. The molecule has 0 radical (unpaired) electrons. The molecular weight excluding hydrogens is 155 g/mol. The zero-order valence-electron chi connectivity index (χ0n) is 8.28. The fourth-order valence-electron chi connectivity index (χ4n) is 2.04. The zero-order valence-corrected chi connectivity index (χ0v) is 8.28. The molecule has 0 aromatic heterocycles. The molecule has 1 nitrogen and oxygen atoms in total. The van der Waals surface area contributed by atoms with Crippen LogP contribution < -0.4 is 0 Å². The van der Waals surface area contributed by atoms with Crippen molar-refractivity contribution in [2.45, 2.75) is 46.2 Å². The maximum atomic E-state index is 13.3. The summed E-state index contributed by atoms with van der Waals surface area (Å²) in [7, 11) is 0. The first-order chi connectivity index (χ1) is 5.22. The number of halogens is 1. The average Bonchev–Trinajstić information content (AvgIpc) is 2.30. The molecule has 0 aliphatic heterocycles. The molecule has 0 spiro atoms. The van der Waals surface area contributed by atoms with Gasteiger partial charge in [0, 0.05) is 5.41 Å². The Morgan fingerprint density at radius 1 is 1.50 bits per heavy atom. The Hall–Kier alpha value is -0.400. The van der Waals surface area contributed by atoms with Gasteiger partial charge in [0.05, 0.1) is 0 Å². The number of hydrogen-bond acceptors (Lipinski definition) is 1. The van der Waals surface area contributed by atoms with Crippen LogP contribution in [0.25, 0.3) is 0 Å². The Balaban J connectivity index is 2.69. The van der Waals surface area contributed by atoms with E-state index in [0.29, 0.717) is 6.42 Å². The van der Waals surface area contributed by atoms with Gasteiger partial charge in [-0.3, -0.25) is 0 Å². The Morgan fingerprint density at radius 3 is 2.00 bits per heavy atom. The number of carbonyl (C=O) groups excluding carboxylic acids is 1. The lowest BCUT2D eigenvalue weighted by atomic mass is 9.87. The Morgan fingerprint density at radius 2 is 1.92 bits per heavy atom. The molecule has 70 valence electrons. The van der Waals surface area contributed by atoms with Gasteiger partial charge in [0.2, 0.25) is 0 Å². The molecule has 2 heteroatoms. The molecule has 0 heterocycles. The first-order valence-electron chi connectivity index (χ1n) is 4.38. The minimum absolute atomic E-state index is 0.0120. The third-order valence-corrected chi connectivity index (χ3v) is 2.94. The van der Waals surface area contributed by atoms with Crippen LogP contribution >= 0.6 is 0 Å². The molecule has 0 bridgehead atoms. The van der Waals surface area contributed by atoms with E-state index in [2.05, 4.69) is 0 Å². The van der Waals surface area contributed by atoms with Crippen LogP contribution in [0.2, 0.25) is 0 Å². The predicted octanol–water partition coefficient (Wildman–Crippen LogP) is 2.74. The summed E-state index contributed by atoms with van der Waals surface area (Å²) in [6.07, 6.45) is 2.13. The molecule has 0 aromatic rings. The maximum absolute atomic E-state index is 13.3. The van der Waals surface area contributed by atoms with Gasteiger partial charge in [0.25, 0.3) is 0 Å². The highest BCUT2D eigenvalue weighted by atomic mass is 19.1. The van der Waals surface area contributed by atoms with Crippen molar-refractivity contribution in [1.82, 2.24) is 0 Å². The topological polar surface area (TPSA) is 17.1 Å². The highest BCUT2D eigenvalue weighted by Gasteiger charge is 2.62. The second-order valence-corrected chi connectivity index (χ2v) is 5.23. The van der Waals surface area contributed by atoms with Crippen LogP contribution in [0.4, 0.5) is 4.39 Å². The molecule has 1 aliphatic carbocycles. The molecule has 1 saturated carbocycles. The van der Waals surface area contributed by atoms with Crippen molar-refractivity contribution in [3.63, 3.8) is 0 Å². The number of alkyl halides is 1. The van der Waals surface area contributed by atoms with Crippen LogP contribution in [-0.2, 0) is 4.79 Å². The van der Waals surface area contributed by atoms with Crippen molar-refractivity contribution in [2.24, 2.45) is 10.8 Å². The number of hydrogen-bond donors (Lipinski definition) is 0. The van der Waals surface area contributed by atoms with Gasteiger partial charge in [-0.2, -0.15) is 0 Å². The molecule has 0 amide bonds. The van der Waals surface area contributed by atoms with Crippen LogP contribution in [0.15, 0.2) is 0 Å². The summed E-state index contributed by atoms with van der Waals surface area (Å²) in [5.41, 5.74) is -1.60. The van der Waals surface area contributed by atoms with E-state index in [-0.39, 0.29) is 10.8 Å². The minimum Gasteiger partial charge on any atom is -0.303 e. The number of rotatable bonds is 3. The van der Waals surface area contributed by atoms with E-state index in [1.54, 1.807) is 0 Å². The summed E-state index contributed by atoms with van der Waals surface area (Å²) in [6.45, 7) is 7.11. The monoisotopic (exact) mass is 172 g/mol. The summed E-state index contributed by atoms with van der Waals surface area (Å²) in [5, 5.41) is 0. The molecule has 1 aliphatic rings. The van der Waals surface area contributed by atoms with E-state index >= 15 is 0 Å². The fraction of sp³-hybridized carbons (Fsp3) is 0.900. The molecular formula is C10H17FO. The average molecular weight is 172 g/mol. The lowest BCUT2D eigenvalue weighted by molar-refractivity contribution is -0.114. The van der Waals surface area contributed by atoms with E-state index in [1.807, 2.05) is 13.8 Å². The molecule has 0 aromatic carbocycles. The van der Waals surface area contributed by atoms with Crippen LogP contribution in [0.1, 0.15) is 40.5 Å². The third-order valence-electron chi connectivity index (χ3n) is 2.94. The quantitative estimate of drug-likeness (QED) is 0.598. The lowest BCUT2D eigenvalue weighted by Crippen LogP contribution is -2.23. The van der Waals surface area contributed by atoms with Crippen LogP contribution in [0.3, 0.4) is 0 Å². The van der Waals surface area contributed by atoms with Crippen LogP contribution in [-0.4, -0.2) is 12.0 Å². The summed E-state index contributed by atoms with van der Waals surface area (Å²) in [5.74, 6) is 0. The largest absolute Gasteiger partial charge is 0.303 e. The second kappa shape index (κ2) is 2.30. The van der Waals surface area contributed by atoms with Crippen molar-refractivity contribution >= 4 is 6.29 Å². The summed E-state index contributed by atoms with van der Waals surface area (Å²) >= 11 is 0. The highest BCUT2D eigenvalue weighted by molar-refractivity contribution is 5.66. The molecule has 12 heavy (non-hydrogen) atoms. The third kappa shape index (κ3) is 1.52. The molecule has 0 N–H and O–H groups in total. The van der Waals surface area contributed by atoms with Gasteiger partial charge in [-0.15, -0.1) is 0 Å². The van der Waals surface area contributed by atoms with Crippen molar-refractivity contribution < 1.29 is 9.18 Å². The van der Waals surface area contributed by atoms with Gasteiger partial charge >= 0.3 is 0 Å². The summed E-state index contributed by atoms with van der Waals surface area (Å²) in [6, 6.07) is 0. The Bertz CT molecular complexity index is 202. The normalized spacial score (nSPS) is 33.1. The lowest BCUT2D eigenvalue weighted by Gasteiger charge is -2.21. The first kappa shape index (κ1) is 9.69. The molecule has 1 atom stereocenters. The molecule has 1 fully saturated rings. The van der Waals surface area contributed by atoms with Crippen molar-refractivity contribution in [2.75, 3.05) is 0 Å². The smallest absolute Gasteiger partial charge is 0.126 e. The minimum atomic E-state index is -1.23. The van der Waals surface area contributed by atoms with Gasteiger partial charge in [0.15, 0.2) is 0 Å². The van der Waals surface area contributed by atoms with Crippen molar-refractivity contribution in [1.29, 1.82) is 0 Å². The molecule has 1 unspecified atom stereocenters. The molecule has 1 rings (SSSR count). The molecule has 0 saturated heterocycles. The number of aldehydes is 1. The second-order valence-electron chi connectivity index (χ2n) is 5.23. The first-order valence-corrected chi connectivity index (χ1v) is 4.38. The van der Waals surface area contributed by atoms with E-state index in [1.165, 1.54) is 13.8 Å². The summed E-state index contributed by atoms with van der Waals surface area (Å²) in [4.78, 5) is 10.8. The van der Waals surface area contributed by atoms with E-state index in [4.69, 9.17) is 0 Å². The van der Waals surface area contributed by atoms with E-state index in [0.717, 1.165) is 12.7 Å². The van der Waals surface area contributed by atoms with Gasteiger partial charge in [-0.1, -0.05) is 13.8 Å². The SMILES string of the molecule is CC(C)(F)CC1(C=O)CC1(C)C. The Kier molecular flexibility index (Phi) is 1.86. The van der Waals surface area contributed by atoms with Crippen LogP contribution in [0.5, 0.6) is 0 Å².